The third-order valence-corrected chi connectivity index (χ3v) is 4.30. The highest BCUT2D eigenvalue weighted by molar-refractivity contribution is 5.82. The van der Waals surface area contributed by atoms with Crippen LogP contribution in [0.25, 0.3) is 0 Å². The zero-order valence-electron chi connectivity index (χ0n) is 15.0. The standard InChI is InChI=1S/C21H23NO5/c23-20(26-14-16-8-3-1-4-9-16)19(18-12-7-13-25-18)22-21(24)27-15-17-10-5-2-6-11-17/h1-6,8-11,18-19H,7,12-15H2,(H,22,24)/t18?,19-/m0/s1. The zero-order chi connectivity index (χ0) is 18.9. The molecule has 1 N–H and O–H groups in total. The summed E-state index contributed by atoms with van der Waals surface area (Å²) in [6, 6.07) is 17.8. The van der Waals surface area contributed by atoms with E-state index >= 15 is 0 Å². The summed E-state index contributed by atoms with van der Waals surface area (Å²) in [5.74, 6) is -0.526. The summed E-state index contributed by atoms with van der Waals surface area (Å²) in [7, 11) is 0. The molecule has 1 unspecified atom stereocenters. The molecule has 2 aromatic rings. The number of ether oxygens (including phenoxy) is 3. The average molecular weight is 369 g/mol. The molecule has 1 saturated heterocycles. The van der Waals surface area contributed by atoms with Gasteiger partial charge in [0.1, 0.15) is 13.2 Å². The molecule has 0 aromatic heterocycles. The fourth-order valence-electron chi connectivity index (χ4n) is 2.88. The maximum Gasteiger partial charge on any atom is 0.408 e. The zero-order valence-corrected chi connectivity index (χ0v) is 15.0. The maximum absolute atomic E-state index is 12.5. The normalized spacial score (nSPS) is 17.1. The van der Waals surface area contributed by atoms with Gasteiger partial charge in [0.25, 0.3) is 0 Å². The van der Waals surface area contributed by atoms with Crippen LogP contribution in [0.2, 0.25) is 0 Å². The molecule has 2 aromatic carbocycles. The van der Waals surface area contributed by atoms with Gasteiger partial charge in [-0.15, -0.1) is 0 Å². The van der Waals surface area contributed by atoms with Gasteiger partial charge in [-0.1, -0.05) is 60.7 Å². The lowest BCUT2D eigenvalue weighted by atomic mass is 10.1. The molecule has 1 aliphatic heterocycles. The number of benzene rings is 2. The Hall–Kier alpha value is -2.86. The molecule has 0 radical (unpaired) electrons. The second-order valence-electron chi connectivity index (χ2n) is 6.33. The number of rotatable bonds is 7. The first-order valence-electron chi connectivity index (χ1n) is 9.02. The highest BCUT2D eigenvalue weighted by Crippen LogP contribution is 2.17. The third kappa shape index (κ3) is 5.82. The lowest BCUT2D eigenvalue weighted by molar-refractivity contribution is -0.150. The third-order valence-electron chi connectivity index (χ3n) is 4.30. The molecule has 6 nitrogen and oxygen atoms in total. The SMILES string of the molecule is O=C(N[C@H](C(=O)OCc1ccccc1)C1CCCO1)OCc1ccccc1. The van der Waals surface area contributed by atoms with Gasteiger partial charge in [0.15, 0.2) is 6.04 Å². The Morgan fingerprint density at radius 3 is 2.11 bits per heavy atom. The van der Waals surface area contributed by atoms with E-state index in [9.17, 15) is 9.59 Å². The number of amides is 1. The van der Waals surface area contributed by atoms with Crippen LogP contribution < -0.4 is 5.32 Å². The van der Waals surface area contributed by atoms with Crippen molar-refractivity contribution in [1.29, 1.82) is 0 Å². The number of esters is 1. The van der Waals surface area contributed by atoms with E-state index in [2.05, 4.69) is 5.32 Å². The molecule has 0 aliphatic carbocycles. The molecular weight excluding hydrogens is 346 g/mol. The van der Waals surface area contributed by atoms with Gasteiger partial charge in [-0.3, -0.25) is 0 Å². The molecule has 1 aliphatic rings. The molecule has 27 heavy (non-hydrogen) atoms. The van der Waals surface area contributed by atoms with Gasteiger partial charge in [-0.25, -0.2) is 9.59 Å². The van der Waals surface area contributed by atoms with Crippen molar-refractivity contribution in [3.63, 3.8) is 0 Å². The first kappa shape index (κ1) is 18.9. The van der Waals surface area contributed by atoms with E-state index in [4.69, 9.17) is 14.2 Å². The summed E-state index contributed by atoms with van der Waals surface area (Å²) in [4.78, 5) is 24.7. The van der Waals surface area contributed by atoms with Crippen LogP contribution in [0.4, 0.5) is 4.79 Å². The maximum atomic E-state index is 12.5. The summed E-state index contributed by atoms with van der Waals surface area (Å²) in [6.07, 6.45) is 0.450. The molecular formula is C21H23NO5. The van der Waals surface area contributed by atoms with Gasteiger partial charge in [-0.2, -0.15) is 0 Å². The van der Waals surface area contributed by atoms with Crippen molar-refractivity contribution in [2.75, 3.05) is 6.61 Å². The Morgan fingerprint density at radius 2 is 1.56 bits per heavy atom. The summed E-state index contributed by atoms with van der Waals surface area (Å²) in [5, 5.41) is 2.60. The summed E-state index contributed by atoms with van der Waals surface area (Å²) in [5.41, 5.74) is 1.75. The highest BCUT2D eigenvalue weighted by Gasteiger charge is 2.34. The molecule has 2 atom stereocenters. The van der Waals surface area contributed by atoms with E-state index in [1.165, 1.54) is 0 Å². The number of carbonyl (C=O) groups is 2. The lowest BCUT2D eigenvalue weighted by Gasteiger charge is -2.22. The molecule has 142 valence electrons. The Balaban J connectivity index is 1.55. The molecule has 1 amide bonds. The van der Waals surface area contributed by atoms with Crippen LogP contribution >= 0.6 is 0 Å². The average Bonchev–Trinajstić information content (AvgIpc) is 3.25. The molecule has 3 rings (SSSR count). The van der Waals surface area contributed by atoms with Crippen molar-refractivity contribution >= 4 is 12.1 Å². The summed E-state index contributed by atoms with van der Waals surface area (Å²) in [6.45, 7) is 0.835. The van der Waals surface area contributed by atoms with Crippen LogP contribution in [0.3, 0.4) is 0 Å². The lowest BCUT2D eigenvalue weighted by Crippen LogP contribution is -2.49. The Morgan fingerprint density at radius 1 is 0.963 bits per heavy atom. The number of hydrogen-bond acceptors (Lipinski definition) is 5. The van der Waals surface area contributed by atoms with E-state index < -0.39 is 24.2 Å². The van der Waals surface area contributed by atoms with Crippen LogP contribution in [0.15, 0.2) is 60.7 Å². The van der Waals surface area contributed by atoms with Crippen molar-refractivity contribution in [2.45, 2.75) is 38.2 Å². The molecule has 6 heteroatoms. The van der Waals surface area contributed by atoms with Gasteiger partial charge < -0.3 is 19.5 Å². The Kier molecular flexibility index (Phi) is 6.82. The van der Waals surface area contributed by atoms with E-state index in [1.807, 2.05) is 60.7 Å². The van der Waals surface area contributed by atoms with Crippen molar-refractivity contribution in [1.82, 2.24) is 5.32 Å². The van der Waals surface area contributed by atoms with E-state index in [1.54, 1.807) is 0 Å². The van der Waals surface area contributed by atoms with Crippen molar-refractivity contribution in [3.8, 4) is 0 Å². The van der Waals surface area contributed by atoms with Gasteiger partial charge in [0, 0.05) is 6.61 Å². The van der Waals surface area contributed by atoms with Gasteiger partial charge in [0.2, 0.25) is 0 Å². The predicted octanol–water partition coefficient (Wildman–Crippen LogP) is 3.20. The molecule has 0 saturated carbocycles. The van der Waals surface area contributed by atoms with E-state index in [0.717, 1.165) is 17.5 Å². The van der Waals surface area contributed by atoms with E-state index in [0.29, 0.717) is 13.0 Å². The second kappa shape index (κ2) is 9.73. The molecule has 1 heterocycles. The minimum absolute atomic E-state index is 0.129. The summed E-state index contributed by atoms with van der Waals surface area (Å²) < 4.78 is 16.2. The number of nitrogens with one attached hydrogen (secondary N) is 1. The van der Waals surface area contributed by atoms with Crippen LogP contribution in [-0.2, 0) is 32.2 Å². The van der Waals surface area contributed by atoms with E-state index in [-0.39, 0.29) is 13.2 Å². The van der Waals surface area contributed by atoms with Crippen molar-refractivity contribution in [2.24, 2.45) is 0 Å². The number of alkyl carbamates (subject to hydrolysis) is 1. The minimum atomic E-state index is -0.889. The first-order valence-corrected chi connectivity index (χ1v) is 9.02. The predicted molar refractivity (Wildman–Crippen MR) is 98.8 cm³/mol. The summed E-state index contributed by atoms with van der Waals surface area (Å²) >= 11 is 0. The largest absolute Gasteiger partial charge is 0.459 e. The quantitative estimate of drug-likeness (QED) is 0.759. The molecule has 1 fully saturated rings. The molecule has 0 spiro atoms. The minimum Gasteiger partial charge on any atom is -0.459 e. The monoisotopic (exact) mass is 369 g/mol. The Labute approximate surface area is 158 Å². The highest BCUT2D eigenvalue weighted by atomic mass is 16.6. The smallest absolute Gasteiger partial charge is 0.408 e. The number of hydrogen-bond donors (Lipinski definition) is 1. The first-order chi connectivity index (χ1) is 13.2. The van der Waals surface area contributed by atoms with Crippen LogP contribution in [0.1, 0.15) is 24.0 Å². The van der Waals surface area contributed by atoms with Gasteiger partial charge >= 0.3 is 12.1 Å². The van der Waals surface area contributed by atoms with Crippen LogP contribution in [0.5, 0.6) is 0 Å². The van der Waals surface area contributed by atoms with Crippen LogP contribution in [-0.4, -0.2) is 30.8 Å². The topological polar surface area (TPSA) is 73.9 Å². The fraction of sp³-hybridized carbons (Fsp3) is 0.333. The molecule has 0 bridgehead atoms. The van der Waals surface area contributed by atoms with Gasteiger partial charge in [-0.05, 0) is 24.0 Å². The fourth-order valence-corrected chi connectivity index (χ4v) is 2.88. The van der Waals surface area contributed by atoms with Crippen molar-refractivity contribution < 1.29 is 23.8 Å². The van der Waals surface area contributed by atoms with Crippen molar-refractivity contribution in [3.05, 3.63) is 71.8 Å². The Bertz CT molecular complexity index is 729. The number of carbonyl (C=O) groups excluding carboxylic acids is 2. The van der Waals surface area contributed by atoms with Crippen LogP contribution in [0, 0.1) is 0 Å². The van der Waals surface area contributed by atoms with Gasteiger partial charge in [0.05, 0.1) is 6.10 Å². The second-order valence-corrected chi connectivity index (χ2v) is 6.33.